The van der Waals surface area contributed by atoms with E-state index >= 15 is 0 Å². The van der Waals surface area contributed by atoms with E-state index < -0.39 is 0 Å². The van der Waals surface area contributed by atoms with E-state index in [-0.39, 0.29) is 28.6 Å². The van der Waals surface area contributed by atoms with E-state index in [1.54, 1.807) is 43.8 Å². The molecule has 0 atom stereocenters. The average molecular weight is 450 g/mol. The van der Waals surface area contributed by atoms with Gasteiger partial charge in [-0.25, -0.2) is 0 Å². The van der Waals surface area contributed by atoms with Gasteiger partial charge >= 0.3 is 0 Å². The highest BCUT2D eigenvalue weighted by Gasteiger charge is 2.39. The molecule has 0 unspecified atom stereocenters. The fourth-order valence-electron chi connectivity index (χ4n) is 4.74. The van der Waals surface area contributed by atoms with Gasteiger partial charge in [-0.3, -0.25) is 10.4 Å². The van der Waals surface area contributed by atoms with Crippen LogP contribution in [0.25, 0.3) is 11.1 Å². The molecule has 176 valence electrons. The number of allylic oxidation sites excluding steroid dienone is 1. The molecule has 7 nitrogen and oxygen atoms in total. The lowest BCUT2D eigenvalue weighted by atomic mass is 9.79. The highest BCUT2D eigenvalue weighted by molar-refractivity contribution is 6.11. The van der Waals surface area contributed by atoms with Crippen LogP contribution < -0.4 is 10.1 Å². The van der Waals surface area contributed by atoms with E-state index in [9.17, 15) is 5.11 Å². The monoisotopic (exact) mass is 449 g/mol. The van der Waals surface area contributed by atoms with Gasteiger partial charge in [0.05, 0.1) is 19.0 Å². The maximum absolute atomic E-state index is 10.5. The summed E-state index contributed by atoms with van der Waals surface area (Å²) in [6, 6.07) is 7.23. The Balaban J connectivity index is 1.71. The van der Waals surface area contributed by atoms with Crippen molar-refractivity contribution < 1.29 is 9.84 Å². The van der Waals surface area contributed by atoms with Crippen LogP contribution in [0.3, 0.4) is 0 Å². The van der Waals surface area contributed by atoms with Gasteiger partial charge in [-0.15, -0.1) is 0 Å². The second-order valence-corrected chi connectivity index (χ2v) is 10.0. The molecule has 1 aliphatic rings. The zero-order valence-electron chi connectivity index (χ0n) is 20.4. The van der Waals surface area contributed by atoms with Gasteiger partial charge in [-0.2, -0.15) is 0 Å². The quantitative estimate of drug-likeness (QED) is 0.381. The van der Waals surface area contributed by atoms with Crippen molar-refractivity contribution in [2.45, 2.75) is 57.7 Å². The van der Waals surface area contributed by atoms with Crippen molar-refractivity contribution in [3.63, 3.8) is 0 Å². The normalized spacial score (nSPS) is 17.6. The molecule has 0 amide bonds. The van der Waals surface area contributed by atoms with Crippen LogP contribution in [0.5, 0.6) is 11.5 Å². The number of pyridine rings is 1. The number of hydrogen-bond donors (Lipinski definition) is 4. The van der Waals surface area contributed by atoms with Crippen molar-refractivity contribution in [2.24, 2.45) is 0 Å². The molecule has 3 rings (SSSR count). The number of nitrogens with one attached hydrogen (secondary N) is 3. The molecule has 4 N–H and O–H groups in total. The van der Waals surface area contributed by atoms with Gasteiger partial charge in [0.25, 0.3) is 0 Å². The van der Waals surface area contributed by atoms with Crippen molar-refractivity contribution >= 4 is 11.5 Å². The van der Waals surface area contributed by atoms with Gasteiger partial charge in [-0.1, -0.05) is 6.07 Å². The Bertz CT molecular complexity index is 1060. The number of nitrogens with zero attached hydrogens (tertiary/aromatic N) is 2. The minimum atomic E-state index is -0.0107. The molecule has 1 aliphatic heterocycles. The Kier molecular flexibility index (Phi) is 6.93. The standard InChI is InChI=1S/C26H35N5O2/c1-25(2)13-19(14-26(3,4)30-25)31(5)24(28)10-9-22(27)21-8-7-17(12-23(21)32)18-11-20(33-6)16-29-15-18/h7-12,15-16,19,27-28,30,32H,13-14H2,1-6H3/b10-9-,27-22?,28-24?. The van der Waals surface area contributed by atoms with Crippen LogP contribution in [0, 0.1) is 10.8 Å². The number of phenolic OH excluding ortho intramolecular Hbond substituents is 1. The number of piperidine rings is 1. The Morgan fingerprint density at radius 2 is 1.76 bits per heavy atom. The molecule has 0 saturated carbocycles. The highest BCUT2D eigenvalue weighted by atomic mass is 16.5. The van der Waals surface area contributed by atoms with E-state index in [2.05, 4.69) is 38.0 Å². The molecular formula is C26H35N5O2. The summed E-state index contributed by atoms with van der Waals surface area (Å²) in [6.45, 7) is 8.77. The van der Waals surface area contributed by atoms with Crippen LogP contribution in [0.15, 0.2) is 48.8 Å². The predicted molar refractivity (Wildman–Crippen MR) is 134 cm³/mol. The average Bonchev–Trinajstić information content (AvgIpc) is 2.74. The zero-order valence-corrected chi connectivity index (χ0v) is 20.4. The third-order valence-electron chi connectivity index (χ3n) is 6.07. The first-order valence-electron chi connectivity index (χ1n) is 11.1. The van der Waals surface area contributed by atoms with Crippen LogP contribution in [0.1, 0.15) is 46.1 Å². The molecule has 1 fully saturated rings. The molecule has 33 heavy (non-hydrogen) atoms. The Hall–Kier alpha value is -3.19. The summed E-state index contributed by atoms with van der Waals surface area (Å²) < 4.78 is 5.21. The number of hydrogen-bond acceptors (Lipinski definition) is 6. The fraction of sp³-hybridized carbons (Fsp3) is 0.423. The fourth-order valence-corrected chi connectivity index (χ4v) is 4.74. The summed E-state index contributed by atoms with van der Waals surface area (Å²) in [7, 11) is 3.52. The van der Waals surface area contributed by atoms with Crippen LogP contribution in [0.2, 0.25) is 0 Å². The predicted octanol–water partition coefficient (Wildman–Crippen LogP) is 4.61. The molecule has 7 heteroatoms. The topological polar surface area (TPSA) is 105 Å². The van der Waals surface area contributed by atoms with E-state index in [0.29, 0.717) is 17.1 Å². The molecule has 1 aromatic heterocycles. The van der Waals surface area contributed by atoms with E-state index in [1.165, 1.54) is 0 Å². The summed E-state index contributed by atoms with van der Waals surface area (Å²) in [4.78, 5) is 6.13. The number of benzene rings is 1. The number of ether oxygens (including phenoxy) is 1. The molecule has 2 heterocycles. The second-order valence-electron chi connectivity index (χ2n) is 10.0. The second kappa shape index (κ2) is 9.35. The number of amidine groups is 1. The first kappa shape index (κ1) is 24.5. The van der Waals surface area contributed by atoms with Gasteiger partial charge in [0, 0.05) is 41.5 Å². The van der Waals surface area contributed by atoms with Gasteiger partial charge < -0.3 is 25.5 Å². The maximum atomic E-state index is 10.5. The van der Waals surface area contributed by atoms with Crippen LogP contribution in [0.4, 0.5) is 0 Å². The number of phenols is 1. The summed E-state index contributed by atoms with van der Waals surface area (Å²) in [6.07, 6.45) is 8.38. The van der Waals surface area contributed by atoms with Crippen molar-refractivity contribution in [3.8, 4) is 22.6 Å². The Morgan fingerprint density at radius 3 is 2.36 bits per heavy atom. The van der Waals surface area contributed by atoms with Crippen LogP contribution in [-0.2, 0) is 0 Å². The van der Waals surface area contributed by atoms with Crippen LogP contribution >= 0.6 is 0 Å². The molecule has 1 aromatic carbocycles. The van der Waals surface area contributed by atoms with Gasteiger partial charge in [0.2, 0.25) is 0 Å². The van der Waals surface area contributed by atoms with Crippen molar-refractivity contribution in [2.75, 3.05) is 14.2 Å². The highest BCUT2D eigenvalue weighted by Crippen LogP contribution is 2.31. The van der Waals surface area contributed by atoms with Gasteiger partial charge in [0.15, 0.2) is 0 Å². The third kappa shape index (κ3) is 5.99. The van der Waals surface area contributed by atoms with E-state index in [1.807, 2.05) is 24.1 Å². The molecule has 0 aliphatic carbocycles. The summed E-state index contributed by atoms with van der Waals surface area (Å²) in [5, 5.41) is 31.1. The van der Waals surface area contributed by atoms with Gasteiger partial charge in [0.1, 0.15) is 17.3 Å². The van der Waals surface area contributed by atoms with Crippen LogP contribution in [-0.4, -0.2) is 57.8 Å². The lowest BCUT2D eigenvalue weighted by Gasteiger charge is -2.49. The number of methoxy groups -OCH3 is 1. The summed E-state index contributed by atoms with van der Waals surface area (Å²) in [5.41, 5.74) is 2.13. The first-order chi connectivity index (χ1) is 15.4. The first-order valence-corrected chi connectivity index (χ1v) is 11.1. The summed E-state index contributed by atoms with van der Waals surface area (Å²) >= 11 is 0. The largest absolute Gasteiger partial charge is 0.507 e. The molecule has 0 spiro atoms. The summed E-state index contributed by atoms with van der Waals surface area (Å²) in [5.74, 6) is 0.985. The minimum absolute atomic E-state index is 0.00621. The number of likely N-dealkylation sites (N-methyl/N-ethyl adjacent to an activating group) is 1. The molecule has 0 bridgehead atoms. The van der Waals surface area contributed by atoms with E-state index in [0.717, 1.165) is 24.0 Å². The number of rotatable bonds is 6. The van der Waals surface area contributed by atoms with Crippen molar-refractivity contribution in [1.82, 2.24) is 15.2 Å². The van der Waals surface area contributed by atoms with E-state index in [4.69, 9.17) is 15.6 Å². The Morgan fingerprint density at radius 1 is 1.09 bits per heavy atom. The SMILES string of the molecule is COc1cncc(-c2ccc(C(=N)/C=C\C(=N)N(C)C3CC(C)(C)NC(C)(C)C3)c(O)c2)c1. The molecule has 1 saturated heterocycles. The molecule has 2 aromatic rings. The lowest BCUT2D eigenvalue weighted by Crippen LogP contribution is -2.62. The lowest BCUT2D eigenvalue weighted by molar-refractivity contribution is 0.114. The molecular weight excluding hydrogens is 414 g/mol. The van der Waals surface area contributed by atoms with Crippen molar-refractivity contribution in [3.05, 3.63) is 54.4 Å². The van der Waals surface area contributed by atoms with Crippen molar-refractivity contribution in [1.29, 1.82) is 10.8 Å². The number of aromatic nitrogens is 1. The third-order valence-corrected chi connectivity index (χ3v) is 6.07. The Labute approximate surface area is 196 Å². The number of aromatic hydroxyl groups is 1. The molecule has 0 radical (unpaired) electrons. The minimum Gasteiger partial charge on any atom is -0.507 e. The van der Waals surface area contributed by atoms with Gasteiger partial charge in [-0.05, 0) is 76.5 Å². The maximum Gasteiger partial charge on any atom is 0.137 e. The smallest absolute Gasteiger partial charge is 0.137 e. The zero-order chi connectivity index (χ0) is 24.4.